The molecule has 3 aromatic rings. The number of benzene rings is 1. The molecule has 3 heterocycles. The van der Waals surface area contributed by atoms with Crippen molar-refractivity contribution in [3.63, 3.8) is 0 Å². The van der Waals surface area contributed by atoms with E-state index in [1.807, 2.05) is 30.3 Å². The predicted octanol–water partition coefficient (Wildman–Crippen LogP) is 1.19. The summed E-state index contributed by atoms with van der Waals surface area (Å²) in [5.74, 6) is 0.669. The monoisotopic (exact) mass is 397 g/mol. The molecule has 0 unspecified atom stereocenters. The van der Waals surface area contributed by atoms with Crippen molar-refractivity contribution in [3.8, 4) is 11.4 Å². The van der Waals surface area contributed by atoms with Crippen molar-refractivity contribution in [1.29, 1.82) is 0 Å². The second-order valence-electron chi connectivity index (χ2n) is 6.81. The molecule has 0 fully saturated rings. The summed E-state index contributed by atoms with van der Waals surface area (Å²) in [6, 6.07) is 9.75. The van der Waals surface area contributed by atoms with Crippen LogP contribution in [0.5, 0.6) is 0 Å². The maximum absolute atomic E-state index is 12.3. The zero-order valence-corrected chi connectivity index (χ0v) is 16.1. The highest BCUT2D eigenvalue weighted by Gasteiger charge is 2.23. The minimum absolute atomic E-state index is 0.269. The summed E-state index contributed by atoms with van der Waals surface area (Å²) in [5.41, 5.74) is 2.57. The number of nitrogens with zero attached hydrogens (tertiary/aromatic N) is 4. The first kappa shape index (κ1) is 18.5. The molecule has 0 amide bonds. The van der Waals surface area contributed by atoms with Gasteiger partial charge in [-0.05, 0) is 0 Å². The molecule has 0 aliphatic carbocycles. The Labute approximate surface area is 162 Å². The molecule has 4 rings (SSSR count). The van der Waals surface area contributed by atoms with Gasteiger partial charge in [-0.15, -0.1) is 0 Å². The first-order valence-electron chi connectivity index (χ1n) is 8.81. The quantitative estimate of drug-likeness (QED) is 0.659. The summed E-state index contributed by atoms with van der Waals surface area (Å²) >= 11 is 0. The third-order valence-corrected chi connectivity index (χ3v) is 5.52. The van der Waals surface area contributed by atoms with Crippen molar-refractivity contribution in [3.05, 3.63) is 69.9 Å². The zero-order chi connectivity index (χ0) is 19.7. The maximum Gasteiger partial charge on any atom is 0.256 e. The molecule has 1 N–H and O–H groups in total. The van der Waals surface area contributed by atoms with Gasteiger partial charge < -0.3 is 0 Å². The molecule has 2 aromatic heterocycles. The molecule has 0 spiro atoms. The van der Waals surface area contributed by atoms with Gasteiger partial charge in [0.1, 0.15) is 0 Å². The van der Waals surface area contributed by atoms with E-state index in [9.17, 15) is 13.2 Å². The van der Waals surface area contributed by atoms with Crippen molar-refractivity contribution < 1.29 is 8.42 Å². The SMILES string of the molecule is CS(=O)(=O)c1nc2c(c(=O)[nH]1)CN(Cc1cnc(-c3ccccc3)nc1)CC2. The van der Waals surface area contributed by atoms with Gasteiger partial charge in [0.25, 0.3) is 5.56 Å². The molecule has 1 aromatic carbocycles. The fourth-order valence-electron chi connectivity index (χ4n) is 3.20. The van der Waals surface area contributed by atoms with Crippen molar-refractivity contribution in [1.82, 2.24) is 24.8 Å². The predicted molar refractivity (Wildman–Crippen MR) is 103 cm³/mol. The highest BCUT2D eigenvalue weighted by atomic mass is 32.2. The Morgan fingerprint density at radius 3 is 2.54 bits per heavy atom. The molecule has 8 nitrogen and oxygen atoms in total. The Hall–Kier alpha value is -2.91. The molecule has 28 heavy (non-hydrogen) atoms. The Morgan fingerprint density at radius 2 is 1.86 bits per heavy atom. The summed E-state index contributed by atoms with van der Waals surface area (Å²) in [5, 5.41) is -0.269. The lowest BCUT2D eigenvalue weighted by atomic mass is 10.1. The Morgan fingerprint density at radius 1 is 1.14 bits per heavy atom. The standard InChI is InChI=1S/C19H19N5O3S/c1-28(26,27)19-22-16-7-8-24(12-15(16)18(25)23-19)11-13-9-20-17(21-10-13)14-5-3-2-4-6-14/h2-6,9-10H,7-8,11-12H2,1H3,(H,22,23,25). The van der Waals surface area contributed by atoms with E-state index < -0.39 is 15.4 Å². The van der Waals surface area contributed by atoms with Crippen LogP contribution >= 0.6 is 0 Å². The first-order valence-corrected chi connectivity index (χ1v) is 10.7. The molecule has 1 aliphatic heterocycles. The lowest BCUT2D eigenvalue weighted by Crippen LogP contribution is -2.36. The first-order chi connectivity index (χ1) is 13.4. The molecule has 0 radical (unpaired) electrons. The van der Waals surface area contributed by atoms with Gasteiger partial charge in [0.2, 0.25) is 15.0 Å². The lowest BCUT2D eigenvalue weighted by Gasteiger charge is -2.27. The lowest BCUT2D eigenvalue weighted by molar-refractivity contribution is 0.240. The third kappa shape index (κ3) is 3.85. The van der Waals surface area contributed by atoms with Crippen LogP contribution in [0.1, 0.15) is 16.8 Å². The molecular weight excluding hydrogens is 378 g/mol. The topological polar surface area (TPSA) is 109 Å². The Balaban J connectivity index is 1.50. The van der Waals surface area contributed by atoms with Crippen molar-refractivity contribution >= 4 is 9.84 Å². The van der Waals surface area contributed by atoms with E-state index in [0.717, 1.165) is 17.4 Å². The average Bonchev–Trinajstić information content (AvgIpc) is 2.69. The number of aromatic amines is 1. The molecule has 9 heteroatoms. The van der Waals surface area contributed by atoms with E-state index >= 15 is 0 Å². The van der Waals surface area contributed by atoms with Crippen LogP contribution in [-0.4, -0.2) is 46.1 Å². The molecule has 0 bridgehead atoms. The van der Waals surface area contributed by atoms with Gasteiger partial charge in [-0.1, -0.05) is 30.3 Å². The van der Waals surface area contributed by atoms with Gasteiger partial charge in [0.05, 0.1) is 11.3 Å². The van der Waals surface area contributed by atoms with E-state index in [1.165, 1.54) is 0 Å². The second kappa shape index (κ2) is 7.25. The Bertz CT molecular complexity index is 1160. The molecule has 144 valence electrons. The number of hydrogen-bond donors (Lipinski definition) is 1. The minimum atomic E-state index is -3.54. The normalized spacial score (nSPS) is 14.6. The van der Waals surface area contributed by atoms with Gasteiger partial charge in [-0.3, -0.25) is 14.7 Å². The summed E-state index contributed by atoms with van der Waals surface area (Å²) < 4.78 is 23.3. The number of hydrogen-bond acceptors (Lipinski definition) is 7. The van der Waals surface area contributed by atoms with Crippen LogP contribution < -0.4 is 5.56 Å². The van der Waals surface area contributed by atoms with E-state index in [4.69, 9.17) is 0 Å². The van der Waals surface area contributed by atoms with E-state index in [-0.39, 0.29) is 5.16 Å². The van der Waals surface area contributed by atoms with Gasteiger partial charge in [-0.2, -0.15) is 0 Å². The largest absolute Gasteiger partial charge is 0.297 e. The number of aromatic nitrogens is 4. The molecule has 1 aliphatic rings. The average molecular weight is 397 g/mol. The fourth-order valence-corrected chi connectivity index (χ4v) is 3.75. The fraction of sp³-hybridized carbons (Fsp3) is 0.263. The number of H-pyrrole nitrogens is 1. The molecule has 0 saturated heterocycles. The summed E-state index contributed by atoms with van der Waals surface area (Å²) in [4.78, 5) is 29.8. The van der Waals surface area contributed by atoms with E-state index in [0.29, 0.717) is 43.1 Å². The summed E-state index contributed by atoms with van der Waals surface area (Å²) in [7, 11) is -3.54. The summed E-state index contributed by atoms with van der Waals surface area (Å²) in [6.07, 6.45) is 5.14. The molecule has 0 atom stereocenters. The van der Waals surface area contributed by atoms with Crippen LogP contribution in [0.3, 0.4) is 0 Å². The maximum atomic E-state index is 12.3. The molecular formula is C19H19N5O3S. The molecule has 0 saturated carbocycles. The highest BCUT2D eigenvalue weighted by Crippen LogP contribution is 2.18. The third-order valence-electron chi connectivity index (χ3n) is 4.62. The van der Waals surface area contributed by atoms with Crippen LogP contribution in [0.15, 0.2) is 52.7 Å². The number of nitrogens with one attached hydrogen (secondary N) is 1. The van der Waals surface area contributed by atoms with Crippen LogP contribution in [-0.2, 0) is 29.3 Å². The Kier molecular flexibility index (Phi) is 4.78. The smallest absolute Gasteiger partial charge is 0.256 e. The van der Waals surface area contributed by atoms with Gasteiger partial charge in [-0.25, -0.2) is 23.4 Å². The van der Waals surface area contributed by atoms with Crippen LogP contribution in [0.25, 0.3) is 11.4 Å². The van der Waals surface area contributed by atoms with Crippen LogP contribution in [0.4, 0.5) is 0 Å². The zero-order valence-electron chi connectivity index (χ0n) is 15.3. The van der Waals surface area contributed by atoms with Crippen LogP contribution in [0.2, 0.25) is 0 Å². The second-order valence-corrected chi connectivity index (χ2v) is 8.74. The van der Waals surface area contributed by atoms with Gasteiger partial charge in [0, 0.05) is 55.8 Å². The number of fused-ring (bicyclic) bond motifs is 1. The highest BCUT2D eigenvalue weighted by molar-refractivity contribution is 7.90. The van der Waals surface area contributed by atoms with Crippen LogP contribution in [0, 0.1) is 0 Å². The van der Waals surface area contributed by atoms with Crippen molar-refractivity contribution in [2.45, 2.75) is 24.7 Å². The van der Waals surface area contributed by atoms with Gasteiger partial charge >= 0.3 is 0 Å². The number of sulfone groups is 1. The summed E-state index contributed by atoms with van der Waals surface area (Å²) in [6.45, 7) is 1.68. The number of rotatable bonds is 4. The minimum Gasteiger partial charge on any atom is -0.297 e. The van der Waals surface area contributed by atoms with E-state index in [1.54, 1.807) is 12.4 Å². The van der Waals surface area contributed by atoms with Crippen molar-refractivity contribution in [2.24, 2.45) is 0 Å². The van der Waals surface area contributed by atoms with Gasteiger partial charge in [0.15, 0.2) is 5.82 Å². The van der Waals surface area contributed by atoms with Crippen molar-refractivity contribution in [2.75, 3.05) is 12.8 Å². The van der Waals surface area contributed by atoms with E-state index in [2.05, 4.69) is 24.8 Å².